The summed E-state index contributed by atoms with van der Waals surface area (Å²) in [4.78, 5) is 41.7. The first-order valence-electron chi connectivity index (χ1n) is 10.8. The van der Waals surface area contributed by atoms with Crippen LogP contribution < -0.4 is 4.90 Å². The number of anilines is 1. The van der Waals surface area contributed by atoms with Gasteiger partial charge in [-0.05, 0) is 43.7 Å². The van der Waals surface area contributed by atoms with E-state index in [0.29, 0.717) is 17.7 Å². The van der Waals surface area contributed by atoms with E-state index in [1.54, 1.807) is 43.0 Å². The smallest absolute Gasteiger partial charge is 0.262 e. The fraction of sp³-hybridized carbons (Fsp3) is 0.222. The fourth-order valence-corrected chi connectivity index (χ4v) is 3.97. The van der Waals surface area contributed by atoms with E-state index in [-0.39, 0.29) is 30.9 Å². The molecule has 0 spiro atoms. The molecule has 0 aliphatic carbocycles. The van der Waals surface area contributed by atoms with E-state index < -0.39 is 5.54 Å². The van der Waals surface area contributed by atoms with E-state index in [2.05, 4.69) is 0 Å². The van der Waals surface area contributed by atoms with Crippen LogP contribution in [0, 0.1) is 0 Å². The Morgan fingerprint density at radius 2 is 1.33 bits per heavy atom. The van der Waals surface area contributed by atoms with Crippen molar-refractivity contribution < 1.29 is 19.1 Å². The molecule has 1 heterocycles. The van der Waals surface area contributed by atoms with Crippen LogP contribution in [0.3, 0.4) is 0 Å². The normalized spacial score (nSPS) is 13.2. The van der Waals surface area contributed by atoms with Crippen LogP contribution in [0.25, 0.3) is 0 Å². The molecule has 0 saturated heterocycles. The van der Waals surface area contributed by atoms with Crippen LogP contribution in [0.2, 0.25) is 0 Å². The first-order chi connectivity index (χ1) is 15.9. The third-order valence-corrected chi connectivity index (χ3v) is 5.63. The summed E-state index contributed by atoms with van der Waals surface area (Å²) in [5, 5.41) is 0. The van der Waals surface area contributed by atoms with Gasteiger partial charge in [0.2, 0.25) is 0 Å². The zero-order valence-electron chi connectivity index (χ0n) is 18.7. The summed E-state index contributed by atoms with van der Waals surface area (Å²) in [6, 6.07) is 25.9. The summed E-state index contributed by atoms with van der Waals surface area (Å²) < 4.78 is 5.77. The van der Waals surface area contributed by atoms with Crippen LogP contribution >= 0.6 is 0 Å². The van der Waals surface area contributed by atoms with Crippen molar-refractivity contribution in [3.8, 4) is 0 Å². The topological polar surface area (TPSA) is 66.9 Å². The van der Waals surface area contributed by atoms with Gasteiger partial charge in [-0.15, -0.1) is 0 Å². The molecule has 0 fully saturated rings. The molecule has 0 bridgehead atoms. The average molecular weight is 443 g/mol. The molecule has 3 aromatic carbocycles. The molecule has 0 N–H and O–H groups in total. The standard InChI is InChI=1S/C27H26N2O4/c1-27(2,29-25(31)22-15-9-10-16-23(22)26(29)32)19-33-18-24(30)28(21-13-7-4-8-14-21)17-20-11-5-3-6-12-20/h3-16H,17-19H2,1-2H3. The van der Waals surface area contributed by atoms with E-state index in [1.165, 1.54) is 4.90 Å². The number of hydrogen-bond donors (Lipinski definition) is 0. The Bertz CT molecular complexity index is 1120. The maximum atomic E-state index is 13.1. The summed E-state index contributed by atoms with van der Waals surface area (Å²) in [6.07, 6.45) is 0. The summed E-state index contributed by atoms with van der Waals surface area (Å²) in [5.74, 6) is -0.890. The molecule has 6 nitrogen and oxygen atoms in total. The van der Waals surface area contributed by atoms with Crippen LogP contribution in [0.15, 0.2) is 84.9 Å². The number of carbonyl (C=O) groups excluding carboxylic acids is 3. The van der Waals surface area contributed by atoms with Gasteiger partial charge in [0.05, 0.1) is 29.8 Å². The number of para-hydroxylation sites is 1. The van der Waals surface area contributed by atoms with Gasteiger partial charge in [0.15, 0.2) is 0 Å². The highest BCUT2D eigenvalue weighted by Gasteiger charge is 2.44. The number of hydrogen-bond acceptors (Lipinski definition) is 4. The molecule has 0 unspecified atom stereocenters. The second kappa shape index (κ2) is 9.38. The predicted molar refractivity (Wildman–Crippen MR) is 126 cm³/mol. The lowest BCUT2D eigenvalue weighted by Crippen LogP contribution is -2.51. The molecule has 0 saturated carbocycles. The van der Waals surface area contributed by atoms with Crippen molar-refractivity contribution in [2.75, 3.05) is 18.1 Å². The van der Waals surface area contributed by atoms with E-state index >= 15 is 0 Å². The first-order valence-corrected chi connectivity index (χ1v) is 10.8. The number of nitrogens with zero attached hydrogens (tertiary/aromatic N) is 2. The van der Waals surface area contributed by atoms with Gasteiger partial charge in [-0.25, -0.2) is 0 Å². The summed E-state index contributed by atoms with van der Waals surface area (Å²) in [5.41, 5.74) is 1.65. The summed E-state index contributed by atoms with van der Waals surface area (Å²) >= 11 is 0. The number of rotatable bonds is 8. The highest BCUT2D eigenvalue weighted by Crippen LogP contribution is 2.29. The van der Waals surface area contributed by atoms with Gasteiger partial charge in [-0.2, -0.15) is 0 Å². The highest BCUT2D eigenvalue weighted by molar-refractivity contribution is 6.21. The van der Waals surface area contributed by atoms with Crippen LogP contribution in [-0.2, 0) is 16.1 Å². The van der Waals surface area contributed by atoms with Crippen LogP contribution in [0.5, 0.6) is 0 Å². The third kappa shape index (κ3) is 4.71. The van der Waals surface area contributed by atoms with E-state index in [9.17, 15) is 14.4 Å². The maximum absolute atomic E-state index is 13.1. The highest BCUT2D eigenvalue weighted by atomic mass is 16.5. The Morgan fingerprint density at radius 1 is 0.818 bits per heavy atom. The van der Waals surface area contributed by atoms with Gasteiger partial charge in [0, 0.05) is 5.69 Å². The summed E-state index contributed by atoms with van der Waals surface area (Å²) in [6.45, 7) is 3.80. The molecule has 1 aliphatic heterocycles. The zero-order chi connectivity index (χ0) is 23.4. The van der Waals surface area contributed by atoms with E-state index in [4.69, 9.17) is 4.74 Å². The molecular formula is C27H26N2O4. The van der Waals surface area contributed by atoms with E-state index in [0.717, 1.165) is 11.3 Å². The zero-order valence-corrected chi connectivity index (χ0v) is 18.7. The Labute approximate surface area is 193 Å². The van der Waals surface area contributed by atoms with Crippen molar-refractivity contribution in [2.45, 2.75) is 25.9 Å². The number of amides is 3. The Balaban J connectivity index is 1.43. The minimum absolute atomic E-state index is 0.0399. The Kier molecular flexibility index (Phi) is 6.38. The van der Waals surface area contributed by atoms with Gasteiger partial charge in [0.1, 0.15) is 6.61 Å². The second-order valence-electron chi connectivity index (χ2n) is 8.60. The minimum atomic E-state index is -0.912. The maximum Gasteiger partial charge on any atom is 0.262 e. The van der Waals surface area contributed by atoms with Crippen LogP contribution in [-0.4, -0.2) is 41.4 Å². The minimum Gasteiger partial charge on any atom is -0.369 e. The van der Waals surface area contributed by atoms with Crippen molar-refractivity contribution in [1.29, 1.82) is 0 Å². The van der Waals surface area contributed by atoms with E-state index in [1.807, 2.05) is 60.7 Å². The van der Waals surface area contributed by atoms with Crippen LogP contribution in [0.1, 0.15) is 40.1 Å². The molecule has 0 radical (unpaired) electrons. The number of fused-ring (bicyclic) bond motifs is 1. The molecule has 3 amide bonds. The van der Waals surface area contributed by atoms with Gasteiger partial charge in [-0.1, -0.05) is 60.7 Å². The van der Waals surface area contributed by atoms with Gasteiger partial charge in [-0.3, -0.25) is 19.3 Å². The molecule has 6 heteroatoms. The van der Waals surface area contributed by atoms with Crippen molar-refractivity contribution >= 4 is 23.4 Å². The summed E-state index contributed by atoms with van der Waals surface area (Å²) in [7, 11) is 0. The fourth-order valence-electron chi connectivity index (χ4n) is 3.97. The molecule has 1 aliphatic rings. The molecular weight excluding hydrogens is 416 g/mol. The molecule has 0 atom stereocenters. The molecule has 4 rings (SSSR count). The van der Waals surface area contributed by atoms with Crippen LogP contribution in [0.4, 0.5) is 5.69 Å². The van der Waals surface area contributed by atoms with Gasteiger partial charge in [0.25, 0.3) is 17.7 Å². The Morgan fingerprint density at radius 3 is 1.91 bits per heavy atom. The molecule has 168 valence electrons. The lowest BCUT2D eigenvalue weighted by molar-refractivity contribution is -0.124. The van der Waals surface area contributed by atoms with Crippen molar-refractivity contribution in [3.63, 3.8) is 0 Å². The lowest BCUT2D eigenvalue weighted by atomic mass is 10.0. The molecule has 0 aromatic heterocycles. The number of carbonyl (C=O) groups is 3. The predicted octanol–water partition coefficient (Wildman–Crippen LogP) is 4.31. The first kappa shape index (κ1) is 22.4. The molecule has 33 heavy (non-hydrogen) atoms. The Hall–Kier alpha value is -3.77. The quantitative estimate of drug-likeness (QED) is 0.488. The van der Waals surface area contributed by atoms with Crippen molar-refractivity contribution in [3.05, 3.63) is 102 Å². The van der Waals surface area contributed by atoms with Crippen molar-refractivity contribution in [1.82, 2.24) is 4.90 Å². The lowest BCUT2D eigenvalue weighted by Gasteiger charge is -2.33. The monoisotopic (exact) mass is 442 g/mol. The number of ether oxygens (including phenoxy) is 1. The third-order valence-electron chi connectivity index (χ3n) is 5.63. The second-order valence-corrected chi connectivity index (χ2v) is 8.60. The van der Waals surface area contributed by atoms with Gasteiger partial charge >= 0.3 is 0 Å². The number of imide groups is 1. The van der Waals surface area contributed by atoms with Crippen molar-refractivity contribution in [2.24, 2.45) is 0 Å². The molecule has 3 aromatic rings. The SMILES string of the molecule is CC(C)(COCC(=O)N(Cc1ccccc1)c1ccccc1)N1C(=O)c2ccccc2C1=O. The average Bonchev–Trinajstić information content (AvgIpc) is 3.09. The van der Waals surface area contributed by atoms with Gasteiger partial charge < -0.3 is 9.64 Å². The largest absolute Gasteiger partial charge is 0.369 e. The number of benzene rings is 3.